The van der Waals surface area contributed by atoms with Crippen LogP contribution in [0.3, 0.4) is 0 Å². The highest BCUT2D eigenvalue weighted by atomic mass is 16.6. The second-order valence-corrected chi connectivity index (χ2v) is 4.71. The normalized spacial score (nSPS) is 12.9. The monoisotopic (exact) mass is 253 g/mol. The Morgan fingerprint density at radius 3 is 2.56 bits per heavy atom. The lowest BCUT2D eigenvalue weighted by Crippen LogP contribution is -2.31. The number of ether oxygens (including phenoxy) is 1. The number of benzene rings is 1. The molecule has 0 saturated carbocycles. The standard InChI is InChI=1S/C14H23NO3/c1-12(2)9-18-15-8-14(16)11-17-10-13-6-4-3-5-7-13/h3-7,12,14-16H,8-11H2,1-2H3. The molecule has 1 aromatic carbocycles. The summed E-state index contributed by atoms with van der Waals surface area (Å²) in [5.74, 6) is 0.476. The molecule has 0 spiro atoms. The minimum Gasteiger partial charge on any atom is -0.389 e. The molecule has 1 atom stereocenters. The van der Waals surface area contributed by atoms with Gasteiger partial charge in [-0.05, 0) is 11.5 Å². The van der Waals surface area contributed by atoms with E-state index in [0.717, 1.165) is 5.56 Å². The van der Waals surface area contributed by atoms with Crippen LogP contribution in [0.1, 0.15) is 19.4 Å². The lowest BCUT2D eigenvalue weighted by atomic mass is 10.2. The lowest BCUT2D eigenvalue weighted by molar-refractivity contribution is -0.0253. The van der Waals surface area contributed by atoms with Gasteiger partial charge in [0, 0.05) is 6.54 Å². The minimum absolute atomic E-state index is 0.299. The van der Waals surface area contributed by atoms with Crippen molar-refractivity contribution < 1.29 is 14.7 Å². The molecule has 1 rings (SSSR count). The maximum absolute atomic E-state index is 9.62. The molecule has 0 aliphatic carbocycles. The molecule has 0 amide bonds. The quantitative estimate of drug-likeness (QED) is 0.520. The molecule has 0 aliphatic heterocycles. The summed E-state index contributed by atoms with van der Waals surface area (Å²) in [4.78, 5) is 5.16. The highest BCUT2D eigenvalue weighted by Gasteiger charge is 2.04. The van der Waals surface area contributed by atoms with E-state index in [9.17, 15) is 5.11 Å². The third-order valence-corrected chi connectivity index (χ3v) is 2.26. The molecule has 0 fully saturated rings. The second-order valence-electron chi connectivity index (χ2n) is 4.71. The van der Waals surface area contributed by atoms with E-state index in [1.165, 1.54) is 0 Å². The predicted molar refractivity (Wildman–Crippen MR) is 70.9 cm³/mol. The zero-order chi connectivity index (χ0) is 13.2. The molecule has 1 unspecified atom stereocenters. The number of rotatable bonds is 9. The molecule has 0 aromatic heterocycles. The number of hydroxylamine groups is 1. The summed E-state index contributed by atoms with van der Waals surface area (Å²) in [5, 5.41) is 9.62. The molecule has 0 bridgehead atoms. The van der Waals surface area contributed by atoms with Gasteiger partial charge >= 0.3 is 0 Å². The highest BCUT2D eigenvalue weighted by molar-refractivity contribution is 5.13. The Labute approximate surface area is 109 Å². The zero-order valence-corrected chi connectivity index (χ0v) is 11.1. The third-order valence-electron chi connectivity index (χ3n) is 2.26. The van der Waals surface area contributed by atoms with Crippen molar-refractivity contribution in [2.75, 3.05) is 19.8 Å². The third kappa shape index (κ3) is 7.40. The van der Waals surface area contributed by atoms with Gasteiger partial charge in [0.25, 0.3) is 0 Å². The van der Waals surface area contributed by atoms with Crippen molar-refractivity contribution >= 4 is 0 Å². The fourth-order valence-electron chi connectivity index (χ4n) is 1.33. The van der Waals surface area contributed by atoms with E-state index in [4.69, 9.17) is 9.57 Å². The van der Waals surface area contributed by atoms with E-state index in [-0.39, 0.29) is 0 Å². The van der Waals surface area contributed by atoms with Crippen LogP contribution in [0, 0.1) is 5.92 Å². The van der Waals surface area contributed by atoms with E-state index >= 15 is 0 Å². The Morgan fingerprint density at radius 2 is 1.89 bits per heavy atom. The van der Waals surface area contributed by atoms with Gasteiger partial charge in [0.2, 0.25) is 0 Å². The van der Waals surface area contributed by atoms with Crippen molar-refractivity contribution in [2.24, 2.45) is 5.92 Å². The van der Waals surface area contributed by atoms with E-state index in [1.54, 1.807) is 0 Å². The first-order valence-corrected chi connectivity index (χ1v) is 6.33. The van der Waals surface area contributed by atoms with E-state index in [0.29, 0.717) is 32.3 Å². The summed E-state index contributed by atoms with van der Waals surface area (Å²) >= 11 is 0. The SMILES string of the molecule is CC(C)CONCC(O)COCc1ccccc1. The summed E-state index contributed by atoms with van der Waals surface area (Å²) in [6.07, 6.45) is -0.555. The zero-order valence-electron chi connectivity index (χ0n) is 11.1. The van der Waals surface area contributed by atoms with E-state index in [1.807, 2.05) is 30.3 Å². The van der Waals surface area contributed by atoms with Gasteiger partial charge in [-0.3, -0.25) is 0 Å². The van der Waals surface area contributed by atoms with Crippen LogP contribution in [-0.2, 0) is 16.2 Å². The van der Waals surface area contributed by atoms with Gasteiger partial charge in [-0.1, -0.05) is 44.2 Å². The van der Waals surface area contributed by atoms with Crippen LogP contribution in [0.15, 0.2) is 30.3 Å². The first-order valence-electron chi connectivity index (χ1n) is 6.33. The maximum Gasteiger partial charge on any atom is 0.0921 e. The number of nitrogens with one attached hydrogen (secondary N) is 1. The first kappa shape index (κ1) is 15.1. The molecule has 0 saturated heterocycles. The van der Waals surface area contributed by atoms with Crippen molar-refractivity contribution in [1.82, 2.24) is 5.48 Å². The molecule has 18 heavy (non-hydrogen) atoms. The molecule has 2 N–H and O–H groups in total. The molecule has 4 heteroatoms. The van der Waals surface area contributed by atoms with Gasteiger partial charge in [0.1, 0.15) is 0 Å². The molecular formula is C14H23NO3. The van der Waals surface area contributed by atoms with Crippen LogP contribution in [0.4, 0.5) is 0 Å². The smallest absolute Gasteiger partial charge is 0.0921 e. The van der Waals surface area contributed by atoms with Gasteiger partial charge in [0.05, 0.1) is 25.9 Å². The predicted octanol–water partition coefficient (Wildman–Crippen LogP) is 1.74. The molecule has 1 aromatic rings. The Kier molecular flexibility index (Phi) is 7.60. The van der Waals surface area contributed by atoms with Gasteiger partial charge in [-0.25, -0.2) is 0 Å². The topological polar surface area (TPSA) is 50.7 Å². The minimum atomic E-state index is -0.555. The van der Waals surface area contributed by atoms with Crippen LogP contribution in [0.5, 0.6) is 0 Å². The van der Waals surface area contributed by atoms with Gasteiger partial charge < -0.3 is 14.7 Å². The average Bonchev–Trinajstić information content (AvgIpc) is 2.36. The first-order chi connectivity index (χ1) is 8.68. The summed E-state index contributed by atoms with van der Waals surface area (Å²) in [6, 6.07) is 9.90. The number of aliphatic hydroxyl groups excluding tert-OH is 1. The van der Waals surface area contributed by atoms with Crippen LogP contribution in [0.25, 0.3) is 0 Å². The Hall–Kier alpha value is -0.940. The molecule has 0 aliphatic rings. The van der Waals surface area contributed by atoms with Crippen LogP contribution < -0.4 is 5.48 Å². The van der Waals surface area contributed by atoms with Crippen molar-refractivity contribution in [3.8, 4) is 0 Å². The molecular weight excluding hydrogens is 230 g/mol. The maximum atomic E-state index is 9.62. The Morgan fingerprint density at radius 1 is 1.17 bits per heavy atom. The summed E-state index contributed by atoms with van der Waals surface area (Å²) < 4.78 is 5.41. The summed E-state index contributed by atoms with van der Waals surface area (Å²) in [7, 11) is 0. The largest absolute Gasteiger partial charge is 0.389 e. The van der Waals surface area contributed by atoms with Crippen molar-refractivity contribution in [2.45, 2.75) is 26.6 Å². The van der Waals surface area contributed by atoms with Crippen molar-refractivity contribution in [3.05, 3.63) is 35.9 Å². The molecule has 102 valence electrons. The number of aliphatic hydroxyl groups is 1. The van der Waals surface area contributed by atoms with Crippen molar-refractivity contribution in [3.63, 3.8) is 0 Å². The number of hydrogen-bond donors (Lipinski definition) is 2. The highest BCUT2D eigenvalue weighted by Crippen LogP contribution is 2.00. The summed E-state index contributed by atoms with van der Waals surface area (Å²) in [5.41, 5.74) is 3.84. The molecule has 0 radical (unpaired) electrons. The van der Waals surface area contributed by atoms with Gasteiger partial charge in [-0.15, -0.1) is 0 Å². The van der Waals surface area contributed by atoms with Gasteiger partial charge in [-0.2, -0.15) is 5.48 Å². The van der Waals surface area contributed by atoms with Gasteiger partial charge in [0.15, 0.2) is 0 Å². The van der Waals surface area contributed by atoms with Crippen molar-refractivity contribution in [1.29, 1.82) is 0 Å². The van der Waals surface area contributed by atoms with Crippen LogP contribution >= 0.6 is 0 Å². The molecule has 0 heterocycles. The summed E-state index contributed by atoms with van der Waals surface area (Å²) in [6.45, 7) is 5.97. The van der Waals surface area contributed by atoms with E-state index < -0.39 is 6.10 Å². The number of hydrogen-bond acceptors (Lipinski definition) is 4. The average molecular weight is 253 g/mol. The lowest BCUT2D eigenvalue weighted by Gasteiger charge is -2.13. The van der Waals surface area contributed by atoms with Crippen LogP contribution in [0.2, 0.25) is 0 Å². The van der Waals surface area contributed by atoms with E-state index in [2.05, 4.69) is 19.3 Å². The second kappa shape index (κ2) is 9.05. The Bertz CT molecular complexity index is 303. The molecule has 4 nitrogen and oxygen atoms in total. The Balaban J connectivity index is 2.01. The fraction of sp³-hybridized carbons (Fsp3) is 0.571. The van der Waals surface area contributed by atoms with Crippen LogP contribution in [-0.4, -0.2) is 31.0 Å². The fourth-order valence-corrected chi connectivity index (χ4v) is 1.33.